The van der Waals surface area contributed by atoms with Gasteiger partial charge in [0, 0.05) is 12.0 Å². The molecule has 1 aromatic heterocycles. The zero-order chi connectivity index (χ0) is 25.2. The molecular formula is C28H23F3N2O2. The first-order chi connectivity index (χ1) is 16.7. The highest BCUT2D eigenvalue weighted by atomic mass is 19.4. The maximum Gasteiger partial charge on any atom is 0.417 e. The molecule has 1 heterocycles. The van der Waals surface area contributed by atoms with Gasteiger partial charge in [0.25, 0.3) is 5.56 Å². The molecule has 178 valence electrons. The molecule has 1 aliphatic rings. The molecule has 0 saturated heterocycles. The lowest BCUT2D eigenvalue weighted by molar-refractivity contribution is -0.137. The van der Waals surface area contributed by atoms with Gasteiger partial charge >= 0.3 is 6.18 Å². The summed E-state index contributed by atoms with van der Waals surface area (Å²) in [5.41, 5.74) is -0.190. The number of nitriles is 1. The standard InChI is InChI=1S/C28H23F3N2O2/c1-18-8-6-7-11-26(18)35-21-12-13-22(19(2)14-21)25-15-24(28(29,30)31)23(16-32)27(34)33(25)17-20-9-4-3-5-10-20/h3-6,8-10,12-15H,7,11,17H2,1-2H3. The fourth-order valence-electron chi connectivity index (χ4n) is 4.15. The minimum atomic E-state index is -4.85. The molecule has 0 fully saturated rings. The van der Waals surface area contributed by atoms with E-state index in [1.54, 1.807) is 49.4 Å². The molecule has 0 amide bonds. The van der Waals surface area contributed by atoms with E-state index >= 15 is 0 Å². The molecule has 0 atom stereocenters. The fourth-order valence-corrected chi connectivity index (χ4v) is 4.15. The second-order valence-electron chi connectivity index (χ2n) is 8.43. The average molecular weight is 476 g/mol. The molecule has 2 aromatic carbocycles. The summed E-state index contributed by atoms with van der Waals surface area (Å²) < 4.78 is 48.7. The molecule has 0 N–H and O–H groups in total. The van der Waals surface area contributed by atoms with E-state index in [9.17, 15) is 23.2 Å². The molecule has 0 saturated carbocycles. The Morgan fingerprint density at radius 3 is 2.46 bits per heavy atom. The van der Waals surface area contributed by atoms with Gasteiger partial charge in [-0.25, -0.2) is 0 Å². The van der Waals surface area contributed by atoms with Crippen molar-refractivity contribution in [2.45, 2.75) is 39.4 Å². The van der Waals surface area contributed by atoms with Crippen LogP contribution in [-0.2, 0) is 12.7 Å². The number of hydrogen-bond acceptors (Lipinski definition) is 3. The van der Waals surface area contributed by atoms with Crippen molar-refractivity contribution in [1.29, 1.82) is 5.26 Å². The minimum absolute atomic E-state index is 0.0257. The molecule has 4 nitrogen and oxygen atoms in total. The van der Waals surface area contributed by atoms with Gasteiger partial charge in [-0.15, -0.1) is 0 Å². The zero-order valence-corrected chi connectivity index (χ0v) is 19.3. The lowest BCUT2D eigenvalue weighted by atomic mass is 10.00. The van der Waals surface area contributed by atoms with Gasteiger partial charge in [-0.2, -0.15) is 18.4 Å². The predicted molar refractivity (Wildman–Crippen MR) is 128 cm³/mol. The van der Waals surface area contributed by atoms with E-state index < -0.39 is 22.9 Å². The van der Waals surface area contributed by atoms with Gasteiger partial charge in [0.15, 0.2) is 0 Å². The molecule has 3 aromatic rings. The second-order valence-corrected chi connectivity index (χ2v) is 8.43. The summed E-state index contributed by atoms with van der Waals surface area (Å²) >= 11 is 0. The van der Waals surface area contributed by atoms with Crippen LogP contribution in [0.5, 0.6) is 5.75 Å². The number of nitrogens with zero attached hydrogens (tertiary/aromatic N) is 2. The SMILES string of the molecule is CC1=C(Oc2ccc(-c3cc(C(F)(F)F)c(C#N)c(=O)n3Cc3ccccc3)c(C)c2)CCC=C1. The third kappa shape index (κ3) is 5.07. The molecule has 4 rings (SSSR count). The molecule has 0 radical (unpaired) electrons. The number of alkyl halides is 3. The Kier molecular flexibility index (Phi) is 6.65. The monoisotopic (exact) mass is 476 g/mol. The fraction of sp³-hybridized carbons (Fsp3) is 0.214. The number of aryl methyl sites for hydroxylation is 1. The van der Waals surface area contributed by atoms with Gasteiger partial charge in [0.1, 0.15) is 23.1 Å². The summed E-state index contributed by atoms with van der Waals surface area (Å²) in [6.07, 6.45) is 0.870. The normalized spacial score (nSPS) is 13.6. The summed E-state index contributed by atoms with van der Waals surface area (Å²) in [5, 5.41) is 9.39. The summed E-state index contributed by atoms with van der Waals surface area (Å²) in [4.78, 5) is 13.1. The molecule has 7 heteroatoms. The van der Waals surface area contributed by atoms with Gasteiger partial charge in [-0.3, -0.25) is 4.79 Å². The van der Waals surface area contributed by atoms with Gasteiger partial charge in [0.2, 0.25) is 0 Å². The summed E-state index contributed by atoms with van der Waals surface area (Å²) in [6, 6.07) is 16.4. The third-order valence-corrected chi connectivity index (χ3v) is 5.96. The van der Waals surface area contributed by atoms with E-state index in [1.807, 2.05) is 19.1 Å². The molecule has 0 spiro atoms. The topological polar surface area (TPSA) is 55.0 Å². The zero-order valence-electron chi connectivity index (χ0n) is 19.3. The first kappa shape index (κ1) is 24.1. The van der Waals surface area contributed by atoms with Gasteiger partial charge in [-0.1, -0.05) is 42.5 Å². The summed E-state index contributed by atoms with van der Waals surface area (Å²) in [5.74, 6) is 1.41. The average Bonchev–Trinajstić information content (AvgIpc) is 2.82. The lowest BCUT2D eigenvalue weighted by Crippen LogP contribution is -2.28. The third-order valence-electron chi connectivity index (χ3n) is 5.96. The van der Waals surface area contributed by atoms with E-state index in [0.29, 0.717) is 16.9 Å². The number of hydrogen-bond donors (Lipinski definition) is 0. The van der Waals surface area contributed by atoms with Crippen LogP contribution in [0.3, 0.4) is 0 Å². The van der Waals surface area contributed by atoms with Crippen molar-refractivity contribution in [3.8, 4) is 23.1 Å². The van der Waals surface area contributed by atoms with Crippen LogP contribution in [0.25, 0.3) is 11.3 Å². The predicted octanol–water partition coefficient (Wildman–Crippen LogP) is 6.77. The molecule has 1 aliphatic carbocycles. The number of ether oxygens (including phenoxy) is 1. The maximum atomic E-state index is 13.8. The van der Waals surface area contributed by atoms with E-state index in [1.165, 1.54) is 10.6 Å². The molecule has 0 aliphatic heterocycles. The Bertz CT molecular complexity index is 1430. The minimum Gasteiger partial charge on any atom is -0.461 e. The first-order valence-corrected chi connectivity index (χ1v) is 11.1. The molecule has 35 heavy (non-hydrogen) atoms. The van der Waals surface area contributed by atoms with Crippen molar-refractivity contribution in [3.63, 3.8) is 0 Å². The maximum absolute atomic E-state index is 13.8. The second kappa shape index (κ2) is 9.67. The van der Waals surface area contributed by atoms with E-state index in [-0.39, 0.29) is 12.2 Å². The van der Waals surface area contributed by atoms with Crippen molar-refractivity contribution < 1.29 is 17.9 Å². The Labute approximate surface area is 201 Å². The molecule has 0 unspecified atom stereocenters. The van der Waals surface area contributed by atoms with Crippen molar-refractivity contribution in [3.05, 3.63) is 111 Å². The van der Waals surface area contributed by atoms with Gasteiger partial charge in [-0.05, 0) is 61.2 Å². The highest BCUT2D eigenvalue weighted by molar-refractivity contribution is 5.67. The van der Waals surface area contributed by atoms with Crippen LogP contribution in [0.1, 0.15) is 42.0 Å². The number of aromatic nitrogens is 1. The quantitative estimate of drug-likeness (QED) is 0.409. The van der Waals surface area contributed by atoms with E-state index in [4.69, 9.17) is 4.74 Å². The summed E-state index contributed by atoms with van der Waals surface area (Å²) in [6.45, 7) is 3.74. The van der Waals surface area contributed by atoms with Crippen LogP contribution < -0.4 is 10.3 Å². The van der Waals surface area contributed by atoms with Crippen LogP contribution in [0.15, 0.2) is 82.9 Å². The highest BCUT2D eigenvalue weighted by Gasteiger charge is 2.36. The Hall–Kier alpha value is -4.05. The first-order valence-electron chi connectivity index (χ1n) is 11.1. The van der Waals surface area contributed by atoms with Crippen LogP contribution in [0, 0.1) is 18.3 Å². The Morgan fingerprint density at radius 1 is 1.09 bits per heavy atom. The lowest BCUT2D eigenvalue weighted by Gasteiger charge is -2.20. The Morgan fingerprint density at radius 2 is 1.83 bits per heavy atom. The van der Waals surface area contributed by atoms with Crippen LogP contribution >= 0.6 is 0 Å². The van der Waals surface area contributed by atoms with E-state index in [0.717, 1.165) is 35.8 Å². The van der Waals surface area contributed by atoms with Crippen molar-refractivity contribution in [2.75, 3.05) is 0 Å². The molecular weight excluding hydrogens is 453 g/mol. The van der Waals surface area contributed by atoms with Crippen LogP contribution in [0.4, 0.5) is 13.2 Å². The largest absolute Gasteiger partial charge is 0.461 e. The Balaban J connectivity index is 1.86. The summed E-state index contributed by atoms with van der Waals surface area (Å²) in [7, 11) is 0. The highest BCUT2D eigenvalue weighted by Crippen LogP contribution is 2.35. The van der Waals surface area contributed by atoms with Gasteiger partial charge in [0.05, 0.1) is 17.8 Å². The van der Waals surface area contributed by atoms with Gasteiger partial charge < -0.3 is 9.30 Å². The smallest absolute Gasteiger partial charge is 0.417 e. The van der Waals surface area contributed by atoms with Crippen LogP contribution in [0.2, 0.25) is 0 Å². The number of rotatable bonds is 5. The van der Waals surface area contributed by atoms with E-state index in [2.05, 4.69) is 6.08 Å². The van der Waals surface area contributed by atoms with Crippen molar-refractivity contribution >= 4 is 0 Å². The number of pyridine rings is 1. The van der Waals surface area contributed by atoms with Crippen molar-refractivity contribution in [2.24, 2.45) is 0 Å². The van der Waals surface area contributed by atoms with Crippen LogP contribution in [-0.4, -0.2) is 4.57 Å². The molecule has 0 bridgehead atoms. The number of benzene rings is 2. The number of allylic oxidation sites excluding steroid dienone is 4. The number of halogens is 3. The van der Waals surface area contributed by atoms with Crippen molar-refractivity contribution in [1.82, 2.24) is 4.57 Å².